The highest BCUT2D eigenvalue weighted by Gasteiger charge is 2.14. The van der Waals surface area contributed by atoms with E-state index in [1.54, 1.807) is 50.6 Å². The van der Waals surface area contributed by atoms with Crippen LogP contribution in [0.4, 0.5) is 0 Å². The number of hydrogen-bond donors (Lipinski definition) is 4. The fourth-order valence-electron chi connectivity index (χ4n) is 6.34. The zero-order chi connectivity index (χ0) is 40.8. The van der Waals surface area contributed by atoms with Crippen LogP contribution in [0.2, 0.25) is 0 Å². The van der Waals surface area contributed by atoms with E-state index in [0.29, 0.717) is 79.3 Å². The van der Waals surface area contributed by atoms with E-state index in [9.17, 15) is 20.4 Å². The van der Waals surface area contributed by atoms with Crippen LogP contribution in [0.5, 0.6) is 34.5 Å². The third-order valence-electron chi connectivity index (χ3n) is 9.51. The summed E-state index contributed by atoms with van der Waals surface area (Å²) >= 11 is 0. The van der Waals surface area contributed by atoms with Crippen LogP contribution >= 0.6 is 0 Å². The van der Waals surface area contributed by atoms with Crippen molar-refractivity contribution in [1.29, 1.82) is 0 Å². The summed E-state index contributed by atoms with van der Waals surface area (Å²) in [7, 11) is 3.16. The van der Waals surface area contributed by atoms with E-state index >= 15 is 0 Å². The Kier molecular flexibility index (Phi) is 11.3. The minimum Gasteiger partial charge on any atom is -0.507 e. The number of nitrogens with zero attached hydrogens (tertiary/aromatic N) is 4. The molecule has 0 radical (unpaired) electrons. The number of benzene rings is 4. The van der Waals surface area contributed by atoms with Crippen molar-refractivity contribution < 1.29 is 29.9 Å². The molecule has 0 amide bonds. The molecule has 0 atom stereocenters. The zero-order valence-electron chi connectivity index (χ0n) is 32.3. The van der Waals surface area contributed by atoms with Gasteiger partial charge in [-0.1, -0.05) is 48.5 Å². The predicted octanol–water partition coefficient (Wildman–Crippen LogP) is 10.4. The van der Waals surface area contributed by atoms with E-state index in [-0.39, 0.29) is 23.0 Å². The van der Waals surface area contributed by atoms with Gasteiger partial charge in [-0.3, -0.25) is 0 Å². The first-order chi connectivity index (χ1) is 28.1. The lowest BCUT2D eigenvalue weighted by Gasteiger charge is -2.10. The summed E-state index contributed by atoms with van der Waals surface area (Å²) in [5, 5.41) is 41.3. The van der Waals surface area contributed by atoms with Crippen molar-refractivity contribution in [3.8, 4) is 102 Å². The molecule has 0 saturated heterocycles. The Hall–Kier alpha value is -7.72. The topological polar surface area (TPSA) is 151 Å². The number of methoxy groups -OCH3 is 2. The Morgan fingerprint density at radius 1 is 0.345 bits per heavy atom. The molecule has 8 rings (SSSR count). The van der Waals surface area contributed by atoms with Gasteiger partial charge in [0.1, 0.15) is 34.5 Å². The average Bonchev–Trinajstić information content (AvgIpc) is 3.26. The molecule has 0 spiro atoms. The van der Waals surface area contributed by atoms with Gasteiger partial charge in [-0.25, -0.2) is 19.9 Å². The molecular formula is C48H40N4O6. The van der Waals surface area contributed by atoms with Crippen LogP contribution in [0.3, 0.4) is 0 Å². The van der Waals surface area contributed by atoms with Crippen LogP contribution < -0.4 is 9.47 Å². The Labute approximate surface area is 336 Å². The van der Waals surface area contributed by atoms with Crippen LogP contribution in [0.1, 0.15) is 11.1 Å². The Morgan fingerprint density at radius 2 is 0.638 bits per heavy atom. The molecule has 4 N–H and O–H groups in total. The molecule has 0 aliphatic rings. The molecule has 288 valence electrons. The van der Waals surface area contributed by atoms with Crippen LogP contribution in [0.25, 0.3) is 67.8 Å². The maximum Gasteiger partial charge on any atom is 0.127 e. The molecule has 8 aromatic rings. The summed E-state index contributed by atoms with van der Waals surface area (Å²) in [6.07, 6.45) is 0. The van der Waals surface area contributed by atoms with Crippen molar-refractivity contribution in [2.45, 2.75) is 13.8 Å². The van der Waals surface area contributed by atoms with E-state index in [4.69, 9.17) is 19.4 Å². The number of pyridine rings is 4. The normalized spacial score (nSPS) is 10.7. The van der Waals surface area contributed by atoms with Crippen LogP contribution in [0, 0.1) is 13.8 Å². The molecular weight excluding hydrogens is 729 g/mol. The van der Waals surface area contributed by atoms with E-state index in [0.717, 1.165) is 11.1 Å². The van der Waals surface area contributed by atoms with Gasteiger partial charge in [0, 0.05) is 22.3 Å². The van der Waals surface area contributed by atoms with Crippen molar-refractivity contribution in [3.63, 3.8) is 0 Å². The number of aryl methyl sites for hydroxylation is 2. The van der Waals surface area contributed by atoms with Crippen molar-refractivity contribution in [3.05, 3.63) is 157 Å². The lowest BCUT2D eigenvalue weighted by molar-refractivity contribution is 0.412. The van der Waals surface area contributed by atoms with Crippen LogP contribution in [0.15, 0.2) is 146 Å². The Bertz CT molecular complexity index is 2560. The monoisotopic (exact) mass is 768 g/mol. The summed E-state index contributed by atoms with van der Waals surface area (Å²) in [4.78, 5) is 18.8. The molecule has 10 heteroatoms. The molecule has 4 heterocycles. The number of rotatable bonds is 8. The molecule has 0 unspecified atom stereocenters. The number of ether oxygens (including phenoxy) is 2. The molecule has 0 aliphatic carbocycles. The molecule has 4 aromatic carbocycles. The second-order valence-corrected chi connectivity index (χ2v) is 13.3. The summed E-state index contributed by atoms with van der Waals surface area (Å²) in [6.45, 7) is 3.71. The summed E-state index contributed by atoms with van der Waals surface area (Å²) in [5.74, 6) is 1.98. The first kappa shape index (κ1) is 38.6. The molecule has 0 saturated carbocycles. The number of phenols is 4. The summed E-state index contributed by atoms with van der Waals surface area (Å²) in [6, 6.07) is 43.6. The quantitative estimate of drug-likeness (QED) is 0.118. The minimum absolute atomic E-state index is 0.127. The highest BCUT2D eigenvalue weighted by atomic mass is 16.5. The number of para-hydroxylation sites is 2. The molecule has 0 aliphatic heterocycles. The maximum atomic E-state index is 10.4. The van der Waals surface area contributed by atoms with Gasteiger partial charge in [-0.2, -0.15) is 0 Å². The third-order valence-corrected chi connectivity index (χ3v) is 9.51. The SMILES string of the molecule is COc1ccc(O)c(-c2cccc(-c3cccc(-c4cccc(C)c4O)n3)n2)c1.COc1ccc(O)c(-c2cccc(-c3cccc(-c4cccc(C)c4O)n3)n2)c1. The zero-order valence-corrected chi connectivity index (χ0v) is 32.3. The van der Waals surface area contributed by atoms with Crippen molar-refractivity contribution in [2.75, 3.05) is 14.2 Å². The van der Waals surface area contributed by atoms with Crippen LogP contribution in [-0.4, -0.2) is 54.6 Å². The van der Waals surface area contributed by atoms with E-state index in [2.05, 4.69) is 9.97 Å². The molecule has 4 aromatic heterocycles. The smallest absolute Gasteiger partial charge is 0.127 e. The number of phenolic OH excluding ortho intramolecular Hbond substituents is 4. The predicted molar refractivity (Wildman–Crippen MR) is 226 cm³/mol. The fourth-order valence-corrected chi connectivity index (χ4v) is 6.34. The molecule has 0 fully saturated rings. The van der Waals surface area contributed by atoms with Crippen molar-refractivity contribution in [2.24, 2.45) is 0 Å². The standard InChI is InChI=1S/2C24H20N2O3/c2*1-15-6-3-7-17(24(15)28)19-8-4-10-21(25-19)22-11-5-9-20(26-22)18-14-16(29-2)12-13-23(18)27/h2*3-14,27-28H,1-2H3. The van der Waals surface area contributed by atoms with E-state index in [1.807, 2.05) is 123 Å². The van der Waals surface area contributed by atoms with Gasteiger partial charge < -0.3 is 29.9 Å². The summed E-state index contributed by atoms with van der Waals surface area (Å²) < 4.78 is 10.5. The first-order valence-corrected chi connectivity index (χ1v) is 18.3. The third kappa shape index (κ3) is 8.26. The Morgan fingerprint density at radius 3 is 0.966 bits per heavy atom. The second kappa shape index (κ2) is 17.0. The van der Waals surface area contributed by atoms with Crippen molar-refractivity contribution in [1.82, 2.24) is 19.9 Å². The molecule has 0 bridgehead atoms. The van der Waals surface area contributed by atoms with Gasteiger partial charge in [-0.05, 0) is 122 Å². The van der Waals surface area contributed by atoms with Gasteiger partial charge >= 0.3 is 0 Å². The minimum atomic E-state index is 0.127. The molecule has 58 heavy (non-hydrogen) atoms. The highest BCUT2D eigenvalue weighted by molar-refractivity contribution is 5.75. The van der Waals surface area contributed by atoms with E-state index in [1.165, 1.54) is 0 Å². The fraction of sp³-hybridized carbons (Fsp3) is 0.0833. The highest BCUT2D eigenvalue weighted by Crippen LogP contribution is 2.36. The van der Waals surface area contributed by atoms with Gasteiger partial charge in [0.2, 0.25) is 0 Å². The van der Waals surface area contributed by atoms with Gasteiger partial charge in [0.05, 0.1) is 59.8 Å². The first-order valence-electron chi connectivity index (χ1n) is 18.3. The average molecular weight is 769 g/mol. The number of aromatic nitrogens is 4. The lowest BCUT2D eigenvalue weighted by Crippen LogP contribution is -1.93. The number of aromatic hydroxyl groups is 4. The van der Waals surface area contributed by atoms with Gasteiger partial charge in [0.25, 0.3) is 0 Å². The lowest BCUT2D eigenvalue weighted by atomic mass is 10.1. The molecule has 10 nitrogen and oxygen atoms in total. The summed E-state index contributed by atoms with van der Waals surface area (Å²) in [5.41, 5.74) is 9.35. The largest absolute Gasteiger partial charge is 0.507 e. The van der Waals surface area contributed by atoms with Gasteiger partial charge in [0.15, 0.2) is 0 Å². The second-order valence-electron chi connectivity index (χ2n) is 13.3. The Balaban J connectivity index is 0.000000177. The van der Waals surface area contributed by atoms with Gasteiger partial charge in [-0.15, -0.1) is 0 Å². The van der Waals surface area contributed by atoms with Crippen LogP contribution in [-0.2, 0) is 0 Å². The van der Waals surface area contributed by atoms with E-state index < -0.39 is 0 Å². The maximum absolute atomic E-state index is 10.4. The van der Waals surface area contributed by atoms with Crippen molar-refractivity contribution >= 4 is 0 Å². The number of hydrogen-bond acceptors (Lipinski definition) is 10.